The summed E-state index contributed by atoms with van der Waals surface area (Å²) in [5.41, 5.74) is 6.54. The highest BCUT2D eigenvalue weighted by atomic mass is 32.2. The lowest BCUT2D eigenvalue weighted by Gasteiger charge is -2.36. The van der Waals surface area contributed by atoms with Crippen LogP contribution < -0.4 is 5.73 Å². The Morgan fingerprint density at radius 3 is 3.12 bits per heavy atom. The molecule has 0 radical (unpaired) electrons. The molecule has 0 bridgehead atoms. The van der Waals surface area contributed by atoms with Gasteiger partial charge in [-0.25, -0.2) is 0 Å². The van der Waals surface area contributed by atoms with Crippen molar-refractivity contribution in [3.05, 3.63) is 11.9 Å². The third kappa shape index (κ3) is 3.20. The van der Waals surface area contributed by atoms with Crippen LogP contribution in [0.5, 0.6) is 0 Å². The average Bonchev–Trinajstić information content (AvgIpc) is 2.73. The Hall–Kier alpha value is -0.590. The summed E-state index contributed by atoms with van der Waals surface area (Å²) in [6, 6.07) is 0.605. The molecule has 0 spiro atoms. The molecule has 1 saturated heterocycles. The van der Waals surface area contributed by atoms with E-state index in [4.69, 9.17) is 5.73 Å². The number of thioether (sulfide) groups is 1. The number of hydrogen-bond acceptors (Lipinski definition) is 5. The first-order chi connectivity index (χ1) is 8.20. The Morgan fingerprint density at radius 2 is 2.35 bits per heavy atom. The van der Waals surface area contributed by atoms with Gasteiger partial charge in [-0.1, -0.05) is 12.1 Å². The summed E-state index contributed by atoms with van der Waals surface area (Å²) < 4.78 is 1.82. The highest BCUT2D eigenvalue weighted by Crippen LogP contribution is 2.25. The van der Waals surface area contributed by atoms with Crippen LogP contribution in [0, 0.1) is 0 Å². The second kappa shape index (κ2) is 5.84. The van der Waals surface area contributed by atoms with E-state index >= 15 is 0 Å². The molecule has 0 saturated carbocycles. The summed E-state index contributed by atoms with van der Waals surface area (Å²) in [6.07, 6.45) is 2.01. The molecule has 2 unspecified atom stereocenters. The van der Waals surface area contributed by atoms with Crippen molar-refractivity contribution in [3.8, 4) is 0 Å². The third-order valence-electron chi connectivity index (χ3n) is 3.32. The summed E-state index contributed by atoms with van der Waals surface area (Å²) in [4.78, 5) is 2.48. The zero-order valence-corrected chi connectivity index (χ0v) is 11.4. The van der Waals surface area contributed by atoms with Crippen molar-refractivity contribution in [1.82, 2.24) is 19.9 Å². The molecule has 2 N–H and O–H groups in total. The van der Waals surface area contributed by atoms with E-state index in [1.807, 2.05) is 10.9 Å². The van der Waals surface area contributed by atoms with Crippen LogP contribution in [-0.4, -0.2) is 50.0 Å². The molecule has 1 aliphatic heterocycles. The van der Waals surface area contributed by atoms with Gasteiger partial charge in [0.15, 0.2) is 0 Å². The molecule has 17 heavy (non-hydrogen) atoms. The van der Waals surface area contributed by atoms with Crippen molar-refractivity contribution in [2.75, 3.05) is 18.8 Å². The van der Waals surface area contributed by atoms with Gasteiger partial charge in [0.1, 0.15) is 0 Å². The summed E-state index contributed by atoms with van der Waals surface area (Å²) >= 11 is 2.05. The lowest BCUT2D eigenvalue weighted by molar-refractivity contribution is 0.202. The predicted molar refractivity (Wildman–Crippen MR) is 70.9 cm³/mol. The van der Waals surface area contributed by atoms with Crippen LogP contribution in [0.25, 0.3) is 0 Å². The van der Waals surface area contributed by atoms with Gasteiger partial charge in [0, 0.05) is 42.9 Å². The minimum atomic E-state index is 0.605. The summed E-state index contributed by atoms with van der Waals surface area (Å²) in [5, 5.41) is 8.96. The third-order valence-corrected chi connectivity index (χ3v) is 4.66. The SMILES string of the molecule is CC1SCCN(Cc2cn(CCN)nn2)C1C. The number of nitrogens with zero attached hydrogens (tertiary/aromatic N) is 4. The molecule has 1 aromatic rings. The van der Waals surface area contributed by atoms with Crippen LogP contribution >= 0.6 is 11.8 Å². The van der Waals surface area contributed by atoms with Gasteiger partial charge in [-0.2, -0.15) is 11.8 Å². The molecule has 2 atom stereocenters. The first kappa shape index (κ1) is 12.9. The maximum absolute atomic E-state index is 5.49. The molecule has 96 valence electrons. The fourth-order valence-corrected chi connectivity index (χ4v) is 3.24. The van der Waals surface area contributed by atoms with Crippen molar-refractivity contribution < 1.29 is 0 Å². The second-order valence-corrected chi connectivity index (χ2v) is 6.03. The lowest BCUT2D eigenvalue weighted by atomic mass is 10.2. The number of aromatic nitrogens is 3. The number of rotatable bonds is 4. The molecule has 5 nitrogen and oxygen atoms in total. The fraction of sp³-hybridized carbons (Fsp3) is 0.818. The van der Waals surface area contributed by atoms with E-state index in [0.29, 0.717) is 17.8 Å². The molecular weight excluding hydrogens is 234 g/mol. The topological polar surface area (TPSA) is 60.0 Å². The van der Waals surface area contributed by atoms with Gasteiger partial charge in [0.2, 0.25) is 0 Å². The molecule has 6 heteroatoms. The van der Waals surface area contributed by atoms with Gasteiger partial charge >= 0.3 is 0 Å². The largest absolute Gasteiger partial charge is 0.329 e. The number of hydrogen-bond donors (Lipinski definition) is 1. The van der Waals surface area contributed by atoms with Gasteiger partial charge < -0.3 is 5.73 Å². The Labute approximate surface area is 107 Å². The van der Waals surface area contributed by atoms with E-state index in [9.17, 15) is 0 Å². The minimum absolute atomic E-state index is 0.605. The maximum atomic E-state index is 5.49. The van der Waals surface area contributed by atoms with Crippen molar-refractivity contribution in [1.29, 1.82) is 0 Å². The smallest absolute Gasteiger partial charge is 0.0967 e. The summed E-state index contributed by atoms with van der Waals surface area (Å²) in [7, 11) is 0. The average molecular weight is 255 g/mol. The van der Waals surface area contributed by atoms with E-state index in [0.717, 1.165) is 25.3 Å². The fourth-order valence-electron chi connectivity index (χ4n) is 2.08. The molecule has 2 rings (SSSR count). The van der Waals surface area contributed by atoms with Crippen molar-refractivity contribution in [3.63, 3.8) is 0 Å². The Kier molecular flexibility index (Phi) is 4.42. The van der Waals surface area contributed by atoms with Gasteiger partial charge in [0.25, 0.3) is 0 Å². The highest BCUT2D eigenvalue weighted by Gasteiger charge is 2.25. The van der Waals surface area contributed by atoms with Gasteiger partial charge in [-0.15, -0.1) is 5.10 Å². The highest BCUT2D eigenvalue weighted by molar-refractivity contribution is 8.00. The van der Waals surface area contributed by atoms with Crippen LogP contribution in [0.1, 0.15) is 19.5 Å². The maximum Gasteiger partial charge on any atom is 0.0967 e. The molecule has 0 amide bonds. The Balaban J connectivity index is 1.94. The van der Waals surface area contributed by atoms with Gasteiger partial charge in [-0.3, -0.25) is 9.58 Å². The zero-order valence-electron chi connectivity index (χ0n) is 10.5. The van der Waals surface area contributed by atoms with Crippen LogP contribution in [0.15, 0.2) is 6.20 Å². The minimum Gasteiger partial charge on any atom is -0.329 e. The van der Waals surface area contributed by atoms with E-state index in [-0.39, 0.29) is 0 Å². The van der Waals surface area contributed by atoms with Crippen molar-refractivity contribution in [2.24, 2.45) is 5.73 Å². The first-order valence-electron chi connectivity index (χ1n) is 6.15. The van der Waals surface area contributed by atoms with Crippen LogP contribution in [0.3, 0.4) is 0 Å². The first-order valence-corrected chi connectivity index (χ1v) is 7.20. The van der Waals surface area contributed by atoms with E-state index in [2.05, 4.69) is 40.8 Å². The van der Waals surface area contributed by atoms with Crippen molar-refractivity contribution >= 4 is 11.8 Å². The Bertz CT molecular complexity index is 353. The molecule has 0 aromatic carbocycles. The Morgan fingerprint density at radius 1 is 1.53 bits per heavy atom. The molecule has 0 aliphatic carbocycles. The van der Waals surface area contributed by atoms with Gasteiger partial charge in [0.05, 0.1) is 12.2 Å². The molecule has 1 aliphatic rings. The molecular formula is C11H21N5S. The number of nitrogens with two attached hydrogens (primary N) is 1. The second-order valence-electron chi connectivity index (χ2n) is 4.55. The van der Waals surface area contributed by atoms with Crippen molar-refractivity contribution in [2.45, 2.75) is 38.2 Å². The zero-order chi connectivity index (χ0) is 12.3. The van der Waals surface area contributed by atoms with Crippen LogP contribution in [0.4, 0.5) is 0 Å². The predicted octanol–water partition coefficient (Wildman–Crippen LogP) is 0.563. The van der Waals surface area contributed by atoms with E-state index < -0.39 is 0 Å². The standard InChI is InChI=1S/C11H21N5S/c1-9-10(2)17-6-5-15(9)7-11-8-16(4-3-12)14-13-11/h8-10H,3-7,12H2,1-2H3. The summed E-state index contributed by atoms with van der Waals surface area (Å²) in [6.45, 7) is 7.98. The summed E-state index contributed by atoms with van der Waals surface area (Å²) in [5.74, 6) is 1.21. The quantitative estimate of drug-likeness (QED) is 0.852. The molecule has 2 heterocycles. The van der Waals surface area contributed by atoms with Gasteiger partial charge in [-0.05, 0) is 6.92 Å². The monoisotopic (exact) mass is 255 g/mol. The van der Waals surface area contributed by atoms with Crippen LogP contribution in [-0.2, 0) is 13.1 Å². The molecule has 1 fully saturated rings. The van der Waals surface area contributed by atoms with E-state index in [1.165, 1.54) is 5.75 Å². The normalized spacial score (nSPS) is 26.3. The van der Waals surface area contributed by atoms with E-state index in [1.54, 1.807) is 0 Å². The lowest BCUT2D eigenvalue weighted by Crippen LogP contribution is -2.44. The molecule has 1 aromatic heterocycles. The van der Waals surface area contributed by atoms with Crippen LogP contribution in [0.2, 0.25) is 0 Å².